The first kappa shape index (κ1) is 20.5. The zero-order valence-electron chi connectivity index (χ0n) is 15.0. The van der Waals surface area contributed by atoms with Crippen LogP contribution >= 0.6 is 0 Å². The monoisotopic (exact) mass is 330 g/mol. The molecule has 134 valence electrons. The number of hydrogen-bond acceptors (Lipinski definition) is 4. The maximum Gasteiger partial charge on any atom is 0.0389 e. The Morgan fingerprint density at radius 2 is 0.958 bits per heavy atom. The van der Waals surface area contributed by atoms with Crippen LogP contribution in [-0.4, -0.2) is 38.6 Å². The molecule has 1 aromatic rings. The van der Waals surface area contributed by atoms with E-state index >= 15 is 0 Å². The molecule has 0 bridgehead atoms. The summed E-state index contributed by atoms with van der Waals surface area (Å²) >= 11 is 0. The van der Waals surface area contributed by atoms with Crippen LogP contribution in [0.5, 0.6) is 0 Å². The van der Waals surface area contributed by atoms with Crippen molar-refractivity contribution in [3.63, 3.8) is 0 Å². The summed E-state index contributed by atoms with van der Waals surface area (Å²) < 4.78 is 0. The van der Waals surface area contributed by atoms with Crippen molar-refractivity contribution in [1.29, 1.82) is 0 Å². The molecule has 0 unspecified atom stereocenters. The van der Waals surface area contributed by atoms with E-state index in [9.17, 15) is 0 Å². The third kappa shape index (κ3) is 11.1. The van der Waals surface area contributed by atoms with Crippen LogP contribution in [0.4, 0.5) is 0 Å². The van der Waals surface area contributed by atoms with E-state index in [1.54, 1.807) is 0 Å². The zero-order chi connectivity index (χ0) is 17.3. The Balaban J connectivity index is 2.18. The fourth-order valence-electron chi connectivity index (χ4n) is 2.41. The lowest BCUT2D eigenvalue weighted by Gasteiger charge is -1.98. The number of aliphatic imine (C=N–C) groups is 2. The second-order valence-corrected chi connectivity index (χ2v) is 6.14. The van der Waals surface area contributed by atoms with Gasteiger partial charge >= 0.3 is 0 Å². The molecule has 4 N–H and O–H groups in total. The Morgan fingerprint density at radius 3 is 1.33 bits per heavy atom. The van der Waals surface area contributed by atoms with Gasteiger partial charge < -0.3 is 11.5 Å². The van der Waals surface area contributed by atoms with E-state index in [0.29, 0.717) is 0 Å². The molecular formula is C20H34N4. The van der Waals surface area contributed by atoms with Gasteiger partial charge in [0.15, 0.2) is 0 Å². The van der Waals surface area contributed by atoms with E-state index in [-0.39, 0.29) is 0 Å². The predicted octanol–water partition coefficient (Wildman–Crippen LogP) is 3.56. The van der Waals surface area contributed by atoms with Gasteiger partial charge in [0, 0.05) is 25.5 Å². The Morgan fingerprint density at radius 1 is 0.583 bits per heavy atom. The molecule has 0 amide bonds. The topological polar surface area (TPSA) is 76.8 Å². The van der Waals surface area contributed by atoms with Crippen LogP contribution in [0, 0.1) is 0 Å². The van der Waals surface area contributed by atoms with Crippen LogP contribution in [0.25, 0.3) is 0 Å². The SMILES string of the molecule is NCCCCCC/N=C/c1ccc(/C=N/CCCCCCN)cc1. The van der Waals surface area contributed by atoms with Gasteiger partial charge in [-0.25, -0.2) is 0 Å². The van der Waals surface area contributed by atoms with Crippen molar-refractivity contribution in [3.05, 3.63) is 35.4 Å². The van der Waals surface area contributed by atoms with Gasteiger partial charge in [0.25, 0.3) is 0 Å². The lowest BCUT2D eigenvalue weighted by Crippen LogP contribution is -1.97. The maximum absolute atomic E-state index is 5.48. The van der Waals surface area contributed by atoms with Gasteiger partial charge in [-0.05, 0) is 49.9 Å². The maximum atomic E-state index is 5.48. The van der Waals surface area contributed by atoms with E-state index in [1.807, 2.05) is 12.4 Å². The quantitative estimate of drug-likeness (QED) is 0.404. The van der Waals surface area contributed by atoms with Gasteiger partial charge in [-0.3, -0.25) is 9.98 Å². The van der Waals surface area contributed by atoms with Gasteiger partial charge in [-0.1, -0.05) is 49.9 Å². The molecule has 0 saturated carbocycles. The highest BCUT2D eigenvalue weighted by atomic mass is 14.7. The average molecular weight is 331 g/mol. The lowest BCUT2D eigenvalue weighted by atomic mass is 10.1. The highest BCUT2D eigenvalue weighted by Gasteiger charge is 1.91. The Labute approximate surface area is 147 Å². The molecule has 24 heavy (non-hydrogen) atoms. The molecule has 0 atom stereocenters. The van der Waals surface area contributed by atoms with E-state index < -0.39 is 0 Å². The standard InChI is InChI=1S/C20H34N4/c21-13-5-1-3-7-15-23-17-19-9-11-20(12-10-19)18-24-16-8-4-2-6-14-22/h9-12,17-18H,1-8,13-16,21-22H2/b23-17+,24-18+. The third-order valence-electron chi connectivity index (χ3n) is 3.90. The van der Waals surface area contributed by atoms with E-state index in [0.717, 1.165) is 63.0 Å². The summed E-state index contributed by atoms with van der Waals surface area (Å²) in [6.45, 7) is 3.40. The molecule has 0 spiro atoms. The Bertz CT molecular complexity index is 408. The van der Waals surface area contributed by atoms with Crippen molar-refractivity contribution < 1.29 is 0 Å². The van der Waals surface area contributed by atoms with Crippen molar-refractivity contribution in [2.45, 2.75) is 51.4 Å². The molecule has 1 aromatic carbocycles. The number of unbranched alkanes of at least 4 members (excludes halogenated alkanes) is 6. The molecule has 0 radical (unpaired) electrons. The Hall–Kier alpha value is -1.52. The molecule has 0 saturated heterocycles. The summed E-state index contributed by atoms with van der Waals surface area (Å²) in [4.78, 5) is 8.96. The summed E-state index contributed by atoms with van der Waals surface area (Å²) in [6.07, 6.45) is 13.3. The van der Waals surface area contributed by atoms with Crippen LogP contribution in [-0.2, 0) is 0 Å². The van der Waals surface area contributed by atoms with Crippen molar-refractivity contribution >= 4 is 12.4 Å². The molecule has 0 aliphatic rings. The average Bonchev–Trinajstić information content (AvgIpc) is 2.61. The predicted molar refractivity (Wildman–Crippen MR) is 106 cm³/mol. The van der Waals surface area contributed by atoms with Crippen LogP contribution in [0.3, 0.4) is 0 Å². The number of hydrogen-bond donors (Lipinski definition) is 2. The largest absolute Gasteiger partial charge is 0.330 e. The van der Waals surface area contributed by atoms with Crippen molar-refractivity contribution in [2.24, 2.45) is 21.5 Å². The molecule has 1 rings (SSSR count). The molecule has 0 aliphatic carbocycles. The summed E-state index contributed by atoms with van der Waals surface area (Å²) in [5, 5.41) is 0. The first-order valence-corrected chi connectivity index (χ1v) is 9.36. The lowest BCUT2D eigenvalue weighted by molar-refractivity contribution is 0.654. The van der Waals surface area contributed by atoms with Gasteiger partial charge in [0.1, 0.15) is 0 Å². The summed E-state index contributed by atoms with van der Waals surface area (Å²) in [5.41, 5.74) is 13.3. The third-order valence-corrected chi connectivity index (χ3v) is 3.90. The van der Waals surface area contributed by atoms with Crippen LogP contribution in [0.2, 0.25) is 0 Å². The smallest absolute Gasteiger partial charge is 0.0389 e. The first-order valence-electron chi connectivity index (χ1n) is 9.36. The van der Waals surface area contributed by atoms with E-state index in [2.05, 4.69) is 34.3 Å². The Kier molecular flexibility index (Phi) is 12.9. The highest BCUT2D eigenvalue weighted by molar-refractivity contribution is 5.84. The van der Waals surface area contributed by atoms with E-state index in [4.69, 9.17) is 11.5 Å². The molecule has 4 heteroatoms. The summed E-state index contributed by atoms with van der Waals surface area (Å²) in [6, 6.07) is 8.39. The fraction of sp³-hybridized carbons (Fsp3) is 0.600. The van der Waals surface area contributed by atoms with Crippen molar-refractivity contribution in [3.8, 4) is 0 Å². The fourth-order valence-corrected chi connectivity index (χ4v) is 2.41. The number of benzene rings is 1. The molecule has 0 fully saturated rings. The second kappa shape index (κ2) is 15.0. The van der Waals surface area contributed by atoms with Gasteiger partial charge in [0.05, 0.1) is 0 Å². The summed E-state index contributed by atoms with van der Waals surface area (Å²) in [5.74, 6) is 0. The van der Waals surface area contributed by atoms with Crippen LogP contribution in [0.1, 0.15) is 62.5 Å². The van der Waals surface area contributed by atoms with Crippen molar-refractivity contribution in [2.75, 3.05) is 26.2 Å². The molecule has 4 nitrogen and oxygen atoms in total. The van der Waals surface area contributed by atoms with E-state index in [1.165, 1.54) is 25.7 Å². The van der Waals surface area contributed by atoms with Crippen LogP contribution in [0.15, 0.2) is 34.3 Å². The number of nitrogens with zero attached hydrogens (tertiary/aromatic N) is 2. The minimum atomic E-state index is 0.799. The molecule has 0 heterocycles. The van der Waals surface area contributed by atoms with Crippen LogP contribution < -0.4 is 11.5 Å². The number of rotatable bonds is 14. The number of nitrogens with two attached hydrogens (primary N) is 2. The molecular weight excluding hydrogens is 296 g/mol. The van der Waals surface area contributed by atoms with Crippen molar-refractivity contribution in [1.82, 2.24) is 0 Å². The molecule has 0 aromatic heterocycles. The zero-order valence-corrected chi connectivity index (χ0v) is 15.0. The first-order chi connectivity index (χ1) is 11.9. The van der Waals surface area contributed by atoms with Gasteiger partial charge in [0.2, 0.25) is 0 Å². The minimum absolute atomic E-state index is 0.799. The molecule has 0 aliphatic heterocycles. The summed E-state index contributed by atoms with van der Waals surface area (Å²) in [7, 11) is 0. The normalized spacial score (nSPS) is 11.8. The van der Waals surface area contributed by atoms with Gasteiger partial charge in [-0.2, -0.15) is 0 Å². The minimum Gasteiger partial charge on any atom is -0.330 e. The second-order valence-electron chi connectivity index (χ2n) is 6.14. The van der Waals surface area contributed by atoms with Gasteiger partial charge in [-0.15, -0.1) is 0 Å². The highest BCUT2D eigenvalue weighted by Crippen LogP contribution is 2.03.